The minimum atomic E-state index is -0.994. The number of ether oxygens (including phenoxy) is 2. The average molecular weight is 308 g/mol. The standard InChI is InChI=1S/C17H24O5/c1-9-5-6-17(8-21-11(3)18)12(7-9)22-14-10(2)16(17,4)15(20)13(14)19/h7,12-15,19-20H,2,5-6,8H2,1,3-4H3/t12?,13-,14-,15+,16+,17+/m0/s1. The van der Waals surface area contributed by atoms with Gasteiger partial charge in [0.25, 0.3) is 0 Å². The lowest BCUT2D eigenvalue weighted by Crippen LogP contribution is -2.59. The Morgan fingerprint density at radius 1 is 1.55 bits per heavy atom. The maximum Gasteiger partial charge on any atom is 0.302 e. The van der Waals surface area contributed by atoms with Gasteiger partial charge in [-0.2, -0.15) is 0 Å². The van der Waals surface area contributed by atoms with E-state index in [1.54, 1.807) is 0 Å². The summed E-state index contributed by atoms with van der Waals surface area (Å²) in [7, 11) is 0. The third-order valence-electron chi connectivity index (χ3n) is 6.04. The molecule has 2 bridgehead atoms. The van der Waals surface area contributed by atoms with Crippen molar-refractivity contribution in [1.82, 2.24) is 0 Å². The zero-order valence-corrected chi connectivity index (χ0v) is 13.3. The smallest absolute Gasteiger partial charge is 0.302 e. The fourth-order valence-corrected chi connectivity index (χ4v) is 4.46. The Morgan fingerprint density at radius 3 is 2.86 bits per heavy atom. The van der Waals surface area contributed by atoms with Crippen LogP contribution in [0.5, 0.6) is 0 Å². The lowest BCUT2D eigenvalue weighted by Gasteiger charge is -2.56. The van der Waals surface area contributed by atoms with Crippen LogP contribution in [0.1, 0.15) is 33.6 Å². The minimum absolute atomic E-state index is 0.156. The molecule has 2 aliphatic carbocycles. The number of aliphatic hydroxyl groups excluding tert-OH is 2. The number of carbonyl (C=O) groups excluding carboxylic acids is 1. The summed E-state index contributed by atoms with van der Waals surface area (Å²) >= 11 is 0. The molecule has 0 aromatic carbocycles. The van der Waals surface area contributed by atoms with Crippen LogP contribution < -0.4 is 0 Å². The van der Waals surface area contributed by atoms with E-state index in [1.165, 1.54) is 12.5 Å². The van der Waals surface area contributed by atoms with Gasteiger partial charge in [-0.05, 0) is 25.3 Å². The molecule has 1 unspecified atom stereocenters. The molecule has 2 fully saturated rings. The topological polar surface area (TPSA) is 76.0 Å². The molecule has 1 heterocycles. The molecule has 0 spiro atoms. The lowest BCUT2D eigenvalue weighted by molar-refractivity contribution is -0.175. The van der Waals surface area contributed by atoms with Gasteiger partial charge in [0.05, 0.1) is 12.2 Å². The monoisotopic (exact) mass is 308 g/mol. The highest BCUT2D eigenvalue weighted by Crippen LogP contribution is 2.64. The van der Waals surface area contributed by atoms with Gasteiger partial charge in [0.15, 0.2) is 0 Å². The van der Waals surface area contributed by atoms with Gasteiger partial charge in [-0.15, -0.1) is 0 Å². The van der Waals surface area contributed by atoms with Gasteiger partial charge < -0.3 is 19.7 Å². The van der Waals surface area contributed by atoms with E-state index in [2.05, 4.69) is 6.58 Å². The van der Waals surface area contributed by atoms with Gasteiger partial charge in [-0.25, -0.2) is 0 Å². The van der Waals surface area contributed by atoms with Crippen molar-refractivity contribution in [1.29, 1.82) is 0 Å². The zero-order valence-electron chi connectivity index (χ0n) is 13.3. The summed E-state index contributed by atoms with van der Waals surface area (Å²) in [6, 6.07) is 0. The predicted octanol–water partition coefficient (Wildman–Crippen LogP) is 1.34. The van der Waals surface area contributed by atoms with E-state index in [4.69, 9.17) is 9.47 Å². The second-order valence-corrected chi connectivity index (χ2v) is 7.09. The van der Waals surface area contributed by atoms with E-state index in [9.17, 15) is 15.0 Å². The van der Waals surface area contributed by atoms with E-state index in [0.29, 0.717) is 5.57 Å². The van der Waals surface area contributed by atoms with Gasteiger partial charge in [0, 0.05) is 17.8 Å². The predicted molar refractivity (Wildman–Crippen MR) is 80.0 cm³/mol. The number of hydrogen-bond acceptors (Lipinski definition) is 5. The van der Waals surface area contributed by atoms with Crippen LogP contribution in [-0.4, -0.2) is 47.2 Å². The number of aliphatic hydroxyl groups is 2. The Balaban J connectivity index is 2.10. The summed E-state index contributed by atoms with van der Waals surface area (Å²) < 4.78 is 11.4. The van der Waals surface area contributed by atoms with Crippen LogP contribution in [0.15, 0.2) is 23.8 Å². The highest BCUT2D eigenvalue weighted by atomic mass is 16.5. The molecule has 2 N–H and O–H groups in total. The van der Waals surface area contributed by atoms with Crippen molar-refractivity contribution >= 4 is 5.97 Å². The number of carbonyl (C=O) groups is 1. The zero-order chi connectivity index (χ0) is 16.3. The van der Waals surface area contributed by atoms with E-state index in [-0.39, 0.29) is 18.7 Å². The largest absolute Gasteiger partial charge is 0.465 e. The first kappa shape index (κ1) is 15.7. The molecule has 0 aromatic rings. The summed E-state index contributed by atoms with van der Waals surface area (Å²) in [5.41, 5.74) is 0.571. The number of esters is 1. The van der Waals surface area contributed by atoms with Gasteiger partial charge in [-0.1, -0.05) is 25.2 Å². The molecule has 6 atom stereocenters. The first-order chi connectivity index (χ1) is 10.2. The van der Waals surface area contributed by atoms with Crippen molar-refractivity contribution < 1.29 is 24.5 Å². The number of hydrogen-bond donors (Lipinski definition) is 2. The fraction of sp³-hybridized carbons (Fsp3) is 0.706. The molecule has 1 saturated carbocycles. The van der Waals surface area contributed by atoms with Gasteiger partial charge in [0.2, 0.25) is 0 Å². The first-order valence-electron chi connectivity index (χ1n) is 7.75. The first-order valence-corrected chi connectivity index (χ1v) is 7.75. The van der Waals surface area contributed by atoms with E-state index in [1.807, 2.05) is 19.9 Å². The van der Waals surface area contributed by atoms with Crippen LogP contribution in [0, 0.1) is 10.8 Å². The van der Waals surface area contributed by atoms with Crippen LogP contribution in [0.25, 0.3) is 0 Å². The van der Waals surface area contributed by atoms with Crippen LogP contribution in [0.2, 0.25) is 0 Å². The van der Waals surface area contributed by atoms with Crippen molar-refractivity contribution in [3.63, 3.8) is 0 Å². The summed E-state index contributed by atoms with van der Waals surface area (Å²) in [6.07, 6.45) is 0.764. The summed E-state index contributed by atoms with van der Waals surface area (Å²) in [5.74, 6) is -0.358. The van der Waals surface area contributed by atoms with Gasteiger partial charge >= 0.3 is 5.97 Å². The molecule has 0 amide bonds. The van der Waals surface area contributed by atoms with Crippen molar-refractivity contribution in [2.75, 3.05) is 6.61 Å². The molecule has 1 aliphatic heterocycles. The molecule has 3 rings (SSSR count). The van der Waals surface area contributed by atoms with Crippen molar-refractivity contribution in [2.45, 2.75) is 58.0 Å². The quantitative estimate of drug-likeness (QED) is 0.595. The molecule has 22 heavy (non-hydrogen) atoms. The number of fused-ring (bicyclic) bond motifs is 4. The Hall–Kier alpha value is -1.17. The summed E-state index contributed by atoms with van der Waals surface area (Å²) in [4.78, 5) is 11.3. The lowest BCUT2D eigenvalue weighted by atomic mass is 9.53. The molecule has 0 radical (unpaired) electrons. The molecule has 1 saturated heterocycles. The highest BCUT2D eigenvalue weighted by molar-refractivity contribution is 5.66. The maximum absolute atomic E-state index is 11.3. The fourth-order valence-electron chi connectivity index (χ4n) is 4.46. The molecule has 3 aliphatic rings. The molecule has 5 nitrogen and oxygen atoms in total. The molecular weight excluding hydrogens is 284 g/mol. The van der Waals surface area contributed by atoms with Crippen LogP contribution in [-0.2, 0) is 14.3 Å². The van der Waals surface area contributed by atoms with Crippen LogP contribution in [0.3, 0.4) is 0 Å². The van der Waals surface area contributed by atoms with E-state index in [0.717, 1.165) is 12.8 Å². The second kappa shape index (κ2) is 4.91. The SMILES string of the molecule is C=C1[C@@H]2OC3C=C(C)CC[C@]3(COC(C)=O)[C@@]1(C)[C@H](O)[C@H]2O. The molecule has 122 valence electrons. The third kappa shape index (κ3) is 1.79. The van der Waals surface area contributed by atoms with Crippen LogP contribution >= 0.6 is 0 Å². The van der Waals surface area contributed by atoms with Crippen LogP contribution in [0.4, 0.5) is 0 Å². The van der Waals surface area contributed by atoms with Crippen molar-refractivity contribution in [3.8, 4) is 0 Å². The van der Waals surface area contributed by atoms with E-state index < -0.39 is 29.1 Å². The molecule has 5 heteroatoms. The van der Waals surface area contributed by atoms with Crippen molar-refractivity contribution in [3.05, 3.63) is 23.8 Å². The Morgan fingerprint density at radius 2 is 2.23 bits per heavy atom. The number of rotatable bonds is 2. The third-order valence-corrected chi connectivity index (χ3v) is 6.04. The number of allylic oxidation sites excluding steroid dienone is 1. The Labute approximate surface area is 130 Å². The normalized spacial score (nSPS) is 47.0. The van der Waals surface area contributed by atoms with Crippen molar-refractivity contribution in [2.24, 2.45) is 10.8 Å². The van der Waals surface area contributed by atoms with Gasteiger partial charge in [-0.3, -0.25) is 4.79 Å². The highest BCUT2D eigenvalue weighted by Gasteiger charge is 2.70. The maximum atomic E-state index is 11.3. The summed E-state index contributed by atoms with van der Waals surface area (Å²) in [5, 5.41) is 21.0. The Bertz CT molecular complexity index is 553. The minimum Gasteiger partial charge on any atom is -0.465 e. The molecule has 0 aromatic heterocycles. The molecular formula is C17H24O5. The summed E-state index contributed by atoms with van der Waals surface area (Å²) in [6.45, 7) is 9.57. The Kier molecular flexibility index (Phi) is 3.51. The van der Waals surface area contributed by atoms with Gasteiger partial charge in [0.1, 0.15) is 18.8 Å². The van der Waals surface area contributed by atoms with E-state index >= 15 is 0 Å². The average Bonchev–Trinajstić information content (AvgIpc) is 2.58. The second-order valence-electron chi connectivity index (χ2n) is 7.09.